The summed E-state index contributed by atoms with van der Waals surface area (Å²) in [6, 6.07) is 1.77. The van der Waals surface area contributed by atoms with Crippen LogP contribution in [0.4, 0.5) is 11.9 Å². The molecule has 106 valence electrons. The maximum atomic E-state index is 10.7. The van der Waals surface area contributed by atoms with Crippen molar-refractivity contribution in [2.45, 2.75) is 13.3 Å². The molecule has 1 amide bonds. The number of aromatic nitrogens is 5. The zero-order valence-corrected chi connectivity index (χ0v) is 11.1. The number of hydrogen-bond donors (Lipinski definition) is 3. The van der Waals surface area contributed by atoms with Crippen LogP contribution in [0.3, 0.4) is 0 Å². The summed E-state index contributed by atoms with van der Waals surface area (Å²) in [5.41, 5.74) is 5.08. The number of rotatable bonds is 7. The van der Waals surface area contributed by atoms with Gasteiger partial charge in [0, 0.05) is 31.9 Å². The molecule has 0 saturated carbocycles. The lowest BCUT2D eigenvalue weighted by molar-refractivity contribution is -0.117. The lowest BCUT2D eigenvalue weighted by atomic mass is 10.4. The molecule has 2 heterocycles. The van der Waals surface area contributed by atoms with E-state index in [1.165, 1.54) is 4.68 Å². The number of carbonyl (C=O) groups is 1. The third kappa shape index (κ3) is 3.64. The van der Waals surface area contributed by atoms with Gasteiger partial charge < -0.3 is 16.4 Å². The minimum Gasteiger partial charge on any atom is -0.370 e. The second-order valence-electron chi connectivity index (χ2n) is 3.91. The van der Waals surface area contributed by atoms with Crippen LogP contribution >= 0.6 is 0 Å². The Labute approximate surface area is 115 Å². The third-order valence-corrected chi connectivity index (χ3v) is 2.32. The Morgan fingerprint density at radius 1 is 1.30 bits per heavy atom. The van der Waals surface area contributed by atoms with E-state index in [9.17, 15) is 4.79 Å². The van der Waals surface area contributed by atoms with Gasteiger partial charge in [0.1, 0.15) is 0 Å². The van der Waals surface area contributed by atoms with Crippen LogP contribution in [0, 0.1) is 0 Å². The minimum absolute atomic E-state index is 0.208. The molecule has 0 aliphatic carbocycles. The zero-order chi connectivity index (χ0) is 14.4. The summed E-state index contributed by atoms with van der Waals surface area (Å²) in [6.45, 7) is 2.99. The first-order chi connectivity index (χ1) is 9.69. The molecular weight excluding hydrogens is 260 g/mol. The maximum absolute atomic E-state index is 10.7. The van der Waals surface area contributed by atoms with Crippen LogP contribution in [-0.2, 0) is 4.79 Å². The molecule has 0 unspecified atom stereocenters. The predicted molar refractivity (Wildman–Crippen MR) is 73.4 cm³/mol. The average Bonchev–Trinajstić information content (AvgIpc) is 2.92. The van der Waals surface area contributed by atoms with Gasteiger partial charge in [0.25, 0.3) is 5.95 Å². The smallest absolute Gasteiger partial charge is 0.257 e. The first-order valence-corrected chi connectivity index (χ1v) is 6.21. The molecule has 0 spiro atoms. The number of nitrogens with zero attached hydrogens (tertiary/aromatic N) is 5. The SMILES string of the molecule is CCNc1nc(NCCC(N)=O)nc(-n2cccn2)n1. The second-order valence-corrected chi connectivity index (χ2v) is 3.91. The van der Waals surface area contributed by atoms with Crippen LogP contribution in [0.1, 0.15) is 13.3 Å². The molecule has 0 aliphatic heterocycles. The first kappa shape index (κ1) is 13.7. The molecule has 2 rings (SSSR count). The fourth-order valence-electron chi connectivity index (χ4n) is 1.47. The van der Waals surface area contributed by atoms with Gasteiger partial charge in [0.15, 0.2) is 0 Å². The van der Waals surface area contributed by atoms with Crippen molar-refractivity contribution in [1.29, 1.82) is 0 Å². The predicted octanol–water partition coefficient (Wildman–Crippen LogP) is -0.224. The highest BCUT2D eigenvalue weighted by atomic mass is 16.1. The Hall–Kier alpha value is -2.71. The first-order valence-electron chi connectivity index (χ1n) is 6.21. The maximum Gasteiger partial charge on any atom is 0.257 e. The van der Waals surface area contributed by atoms with E-state index < -0.39 is 0 Å². The van der Waals surface area contributed by atoms with Crippen molar-refractivity contribution >= 4 is 17.8 Å². The number of carbonyl (C=O) groups excluding carboxylic acids is 1. The van der Waals surface area contributed by atoms with Crippen molar-refractivity contribution in [2.75, 3.05) is 23.7 Å². The van der Waals surface area contributed by atoms with E-state index in [1.807, 2.05) is 6.92 Å². The molecule has 9 heteroatoms. The van der Waals surface area contributed by atoms with Gasteiger partial charge in [-0.1, -0.05) is 0 Å². The fourth-order valence-corrected chi connectivity index (χ4v) is 1.47. The molecule has 20 heavy (non-hydrogen) atoms. The number of nitrogens with two attached hydrogens (primary N) is 1. The van der Waals surface area contributed by atoms with Crippen LogP contribution < -0.4 is 16.4 Å². The van der Waals surface area contributed by atoms with E-state index in [0.717, 1.165) is 0 Å². The zero-order valence-electron chi connectivity index (χ0n) is 11.1. The van der Waals surface area contributed by atoms with E-state index in [1.54, 1.807) is 18.5 Å². The molecule has 0 radical (unpaired) electrons. The van der Waals surface area contributed by atoms with E-state index in [-0.39, 0.29) is 12.3 Å². The number of anilines is 2. The normalized spacial score (nSPS) is 10.2. The van der Waals surface area contributed by atoms with Crippen LogP contribution in [-0.4, -0.2) is 43.7 Å². The standard InChI is InChI=1S/C11H16N8O/c1-2-13-9-16-10(14-6-4-8(12)20)18-11(17-9)19-7-3-5-15-19/h3,5,7H,2,4,6H2,1H3,(H2,12,20)(H2,13,14,16,17,18). The lowest BCUT2D eigenvalue weighted by Crippen LogP contribution is -2.18. The van der Waals surface area contributed by atoms with Gasteiger partial charge in [0.05, 0.1) is 0 Å². The van der Waals surface area contributed by atoms with Crippen molar-refractivity contribution in [3.63, 3.8) is 0 Å². The van der Waals surface area contributed by atoms with Gasteiger partial charge in [-0.15, -0.1) is 0 Å². The Morgan fingerprint density at radius 2 is 2.05 bits per heavy atom. The van der Waals surface area contributed by atoms with E-state index >= 15 is 0 Å². The summed E-state index contributed by atoms with van der Waals surface area (Å²) in [7, 11) is 0. The summed E-state index contributed by atoms with van der Waals surface area (Å²) < 4.78 is 1.53. The van der Waals surface area contributed by atoms with Crippen molar-refractivity contribution in [1.82, 2.24) is 24.7 Å². The lowest BCUT2D eigenvalue weighted by Gasteiger charge is -2.08. The molecule has 0 aromatic carbocycles. The number of amides is 1. The monoisotopic (exact) mass is 276 g/mol. The number of nitrogens with one attached hydrogen (secondary N) is 2. The van der Waals surface area contributed by atoms with Gasteiger partial charge >= 0.3 is 0 Å². The quantitative estimate of drug-likeness (QED) is 0.638. The number of primary amides is 1. The van der Waals surface area contributed by atoms with Gasteiger partial charge in [-0.05, 0) is 13.0 Å². The Balaban J connectivity index is 2.19. The van der Waals surface area contributed by atoms with E-state index in [4.69, 9.17) is 5.73 Å². The summed E-state index contributed by atoms with van der Waals surface area (Å²) in [5.74, 6) is 0.811. The molecule has 4 N–H and O–H groups in total. The van der Waals surface area contributed by atoms with Crippen LogP contribution in [0.2, 0.25) is 0 Å². The molecular formula is C11H16N8O. The van der Waals surface area contributed by atoms with Crippen LogP contribution in [0.5, 0.6) is 0 Å². The average molecular weight is 276 g/mol. The Bertz CT molecular complexity index is 568. The molecule has 9 nitrogen and oxygen atoms in total. The highest BCUT2D eigenvalue weighted by Crippen LogP contribution is 2.08. The summed E-state index contributed by atoms with van der Waals surface area (Å²) in [5, 5.41) is 10.0. The third-order valence-electron chi connectivity index (χ3n) is 2.32. The summed E-state index contributed by atoms with van der Waals surface area (Å²) in [6.07, 6.45) is 3.58. The molecule has 0 bridgehead atoms. The second kappa shape index (κ2) is 6.45. The molecule has 0 saturated heterocycles. The largest absolute Gasteiger partial charge is 0.370 e. The summed E-state index contributed by atoms with van der Waals surface area (Å²) in [4.78, 5) is 23.4. The number of hydrogen-bond acceptors (Lipinski definition) is 7. The van der Waals surface area contributed by atoms with Crippen molar-refractivity contribution in [3.8, 4) is 5.95 Å². The summed E-state index contributed by atoms with van der Waals surface area (Å²) >= 11 is 0. The van der Waals surface area contributed by atoms with Crippen molar-refractivity contribution < 1.29 is 4.79 Å². The van der Waals surface area contributed by atoms with Crippen molar-refractivity contribution in [3.05, 3.63) is 18.5 Å². The molecule has 2 aromatic rings. The van der Waals surface area contributed by atoms with Gasteiger partial charge in [0.2, 0.25) is 17.8 Å². The van der Waals surface area contributed by atoms with E-state index in [0.29, 0.717) is 30.9 Å². The van der Waals surface area contributed by atoms with E-state index in [2.05, 4.69) is 30.7 Å². The molecule has 0 fully saturated rings. The van der Waals surface area contributed by atoms with Gasteiger partial charge in [-0.25, -0.2) is 4.68 Å². The van der Waals surface area contributed by atoms with Crippen LogP contribution in [0.25, 0.3) is 5.95 Å². The Kier molecular flexibility index (Phi) is 4.43. The van der Waals surface area contributed by atoms with Gasteiger partial charge in [-0.3, -0.25) is 4.79 Å². The highest BCUT2D eigenvalue weighted by molar-refractivity contribution is 5.74. The Morgan fingerprint density at radius 3 is 2.65 bits per heavy atom. The minimum atomic E-state index is -0.384. The van der Waals surface area contributed by atoms with Gasteiger partial charge in [-0.2, -0.15) is 20.1 Å². The topological polar surface area (TPSA) is 124 Å². The molecule has 0 atom stereocenters. The molecule has 2 aromatic heterocycles. The molecule has 0 aliphatic rings. The van der Waals surface area contributed by atoms with Crippen LogP contribution in [0.15, 0.2) is 18.5 Å². The highest BCUT2D eigenvalue weighted by Gasteiger charge is 2.08. The fraction of sp³-hybridized carbons (Fsp3) is 0.364. The van der Waals surface area contributed by atoms with Crippen molar-refractivity contribution in [2.24, 2.45) is 5.73 Å².